The molecule has 0 aliphatic heterocycles. The first-order valence-corrected chi connectivity index (χ1v) is 3.35. The van der Waals surface area contributed by atoms with Crippen LogP contribution in [0.15, 0.2) is 0 Å². The van der Waals surface area contributed by atoms with E-state index in [-0.39, 0.29) is 36.2 Å². The van der Waals surface area contributed by atoms with Gasteiger partial charge in [-0.3, -0.25) is 4.79 Å². The minimum atomic E-state index is -0.805. The van der Waals surface area contributed by atoms with E-state index < -0.39 is 11.4 Å². The first kappa shape index (κ1) is 14.0. The molecule has 0 fully saturated rings. The molecule has 0 radical (unpaired) electrons. The Hall–Kier alpha value is 0.430. The van der Waals surface area contributed by atoms with Crippen LogP contribution in [0.2, 0.25) is 0 Å². The summed E-state index contributed by atoms with van der Waals surface area (Å²) in [6.45, 7) is 3.38. The molecule has 0 aromatic heterocycles. The molecule has 11 heavy (non-hydrogen) atoms. The van der Waals surface area contributed by atoms with E-state index in [9.17, 15) is 4.79 Å². The number of aliphatic hydroxyl groups excluding tert-OH is 1. The predicted octanol–water partition coefficient (Wildman–Crippen LogP) is 0.221. The van der Waals surface area contributed by atoms with Crippen LogP contribution in [-0.2, 0) is 4.79 Å². The summed E-state index contributed by atoms with van der Waals surface area (Å²) >= 11 is 0. The molecule has 0 aliphatic rings. The van der Waals surface area contributed by atoms with E-state index in [1.54, 1.807) is 13.8 Å². The van der Waals surface area contributed by atoms with Gasteiger partial charge in [-0.25, -0.2) is 0 Å². The molecule has 2 N–H and O–H groups in total. The second-order valence-electron chi connectivity index (χ2n) is 3.02. The number of hydrogen-bond acceptors (Lipinski definition) is 2. The number of aliphatic hydroxyl groups is 1. The van der Waals surface area contributed by atoms with Gasteiger partial charge in [-0.1, -0.05) is 0 Å². The summed E-state index contributed by atoms with van der Waals surface area (Å²) in [7, 11) is 0. The Morgan fingerprint density at radius 3 is 2.18 bits per heavy atom. The third kappa shape index (κ3) is 5.67. The van der Waals surface area contributed by atoms with E-state index in [1.165, 1.54) is 0 Å². The summed E-state index contributed by atoms with van der Waals surface area (Å²) < 4.78 is 0. The van der Waals surface area contributed by atoms with E-state index in [1.807, 2.05) is 0 Å². The summed E-state index contributed by atoms with van der Waals surface area (Å²) in [5.41, 5.74) is -0.692. The van der Waals surface area contributed by atoms with Crippen LogP contribution in [0.4, 0.5) is 0 Å². The van der Waals surface area contributed by atoms with Crippen LogP contribution in [-0.4, -0.2) is 52.3 Å². The molecule has 4 heteroatoms. The molecule has 0 rings (SSSR count). The monoisotopic (exact) mass is 170 g/mol. The van der Waals surface area contributed by atoms with Crippen molar-refractivity contribution in [1.82, 2.24) is 0 Å². The van der Waals surface area contributed by atoms with E-state index >= 15 is 0 Å². The molecule has 0 atom stereocenters. The van der Waals surface area contributed by atoms with Crippen LogP contribution in [0.5, 0.6) is 0 Å². The van der Waals surface area contributed by atoms with Gasteiger partial charge >= 0.3 is 35.5 Å². The molecule has 0 unspecified atom stereocenters. The summed E-state index contributed by atoms with van der Waals surface area (Å²) in [6, 6.07) is 0. The van der Waals surface area contributed by atoms with Gasteiger partial charge in [0.1, 0.15) is 0 Å². The second kappa shape index (κ2) is 6.00. The number of carboxylic acids is 1. The summed E-state index contributed by atoms with van der Waals surface area (Å²) in [4.78, 5) is 10.4. The Bertz CT molecular complexity index is 123. The fourth-order valence-corrected chi connectivity index (χ4v) is 0.628. The van der Waals surface area contributed by atoms with Crippen molar-refractivity contribution < 1.29 is 15.0 Å². The maximum absolute atomic E-state index is 10.4. The van der Waals surface area contributed by atoms with Crippen molar-refractivity contribution in [2.75, 3.05) is 6.61 Å². The number of carboxylic acid groups (broad SMARTS) is 1. The molecule has 3 nitrogen and oxygen atoms in total. The van der Waals surface area contributed by atoms with Crippen LogP contribution >= 0.6 is 0 Å². The number of aliphatic carboxylic acids is 1. The first-order chi connectivity index (χ1) is 4.50. The van der Waals surface area contributed by atoms with Crippen molar-refractivity contribution in [3.05, 3.63) is 0 Å². The molecule has 0 bridgehead atoms. The Kier molecular flexibility index (Phi) is 7.63. The Balaban J connectivity index is 0. The predicted molar refractivity (Wildman–Crippen MR) is 44.9 cm³/mol. The molecule has 0 saturated heterocycles. The van der Waals surface area contributed by atoms with Gasteiger partial charge in [-0.2, -0.15) is 0 Å². The van der Waals surface area contributed by atoms with Crippen molar-refractivity contribution in [3.8, 4) is 0 Å². The topological polar surface area (TPSA) is 57.5 Å². The zero-order valence-corrected chi connectivity index (χ0v) is 6.42. The SMILES string of the molecule is CC(C)(CCCO)C(=O)O.[NaH]. The normalized spacial score (nSPS) is 10.5. The third-order valence-electron chi connectivity index (χ3n) is 1.54. The van der Waals surface area contributed by atoms with E-state index in [4.69, 9.17) is 10.2 Å². The van der Waals surface area contributed by atoms with Gasteiger partial charge in [0.15, 0.2) is 0 Å². The van der Waals surface area contributed by atoms with Gasteiger partial charge in [0.2, 0.25) is 0 Å². The van der Waals surface area contributed by atoms with E-state index in [0.29, 0.717) is 12.8 Å². The molecule has 0 aromatic rings. The molecule has 0 aliphatic carbocycles. The van der Waals surface area contributed by atoms with Crippen molar-refractivity contribution in [3.63, 3.8) is 0 Å². The average molecular weight is 170 g/mol. The Morgan fingerprint density at radius 1 is 1.45 bits per heavy atom. The maximum atomic E-state index is 10.4. The number of rotatable bonds is 4. The third-order valence-corrected chi connectivity index (χ3v) is 1.54. The number of hydrogen-bond donors (Lipinski definition) is 2. The standard InChI is InChI=1S/C7H14O3.Na.H/c1-7(2,6(9)10)4-3-5-8;;/h8H,3-5H2,1-2H3,(H,9,10);;. The van der Waals surface area contributed by atoms with Crippen LogP contribution < -0.4 is 0 Å². The summed E-state index contributed by atoms with van der Waals surface area (Å²) in [5, 5.41) is 17.0. The quantitative estimate of drug-likeness (QED) is 0.593. The molecule has 0 aromatic carbocycles. The zero-order chi connectivity index (χ0) is 8.20. The molecular formula is C7H15NaO3. The van der Waals surface area contributed by atoms with Gasteiger partial charge in [0.25, 0.3) is 0 Å². The molecule has 0 spiro atoms. The van der Waals surface area contributed by atoms with Crippen LogP contribution in [0, 0.1) is 5.41 Å². The van der Waals surface area contributed by atoms with Crippen molar-refractivity contribution in [2.45, 2.75) is 26.7 Å². The molecule has 0 heterocycles. The fourth-order valence-electron chi connectivity index (χ4n) is 0.628. The van der Waals surface area contributed by atoms with Gasteiger partial charge in [-0.15, -0.1) is 0 Å². The van der Waals surface area contributed by atoms with Gasteiger partial charge < -0.3 is 10.2 Å². The van der Waals surface area contributed by atoms with Crippen molar-refractivity contribution in [1.29, 1.82) is 0 Å². The zero-order valence-electron chi connectivity index (χ0n) is 6.42. The van der Waals surface area contributed by atoms with Crippen molar-refractivity contribution in [2.24, 2.45) is 5.41 Å². The molecular weight excluding hydrogens is 155 g/mol. The molecule has 0 saturated carbocycles. The fraction of sp³-hybridized carbons (Fsp3) is 0.857. The van der Waals surface area contributed by atoms with E-state index in [2.05, 4.69) is 0 Å². The Labute approximate surface area is 89.1 Å². The Morgan fingerprint density at radius 2 is 1.91 bits per heavy atom. The molecule has 62 valence electrons. The van der Waals surface area contributed by atoms with Crippen molar-refractivity contribution >= 4 is 35.5 Å². The van der Waals surface area contributed by atoms with Gasteiger partial charge in [0, 0.05) is 6.61 Å². The summed E-state index contributed by atoms with van der Waals surface area (Å²) in [5.74, 6) is -0.805. The van der Waals surface area contributed by atoms with Gasteiger partial charge in [-0.05, 0) is 26.7 Å². The first-order valence-electron chi connectivity index (χ1n) is 3.35. The number of carbonyl (C=O) groups is 1. The van der Waals surface area contributed by atoms with Crippen LogP contribution in [0.25, 0.3) is 0 Å². The van der Waals surface area contributed by atoms with Gasteiger partial charge in [0.05, 0.1) is 5.41 Å². The second-order valence-corrected chi connectivity index (χ2v) is 3.02. The summed E-state index contributed by atoms with van der Waals surface area (Å²) in [6.07, 6.45) is 1.08. The molecule has 0 amide bonds. The average Bonchev–Trinajstić information content (AvgIpc) is 1.84. The minimum absolute atomic E-state index is 0. The van der Waals surface area contributed by atoms with Crippen LogP contribution in [0.1, 0.15) is 26.7 Å². The van der Waals surface area contributed by atoms with Crippen LogP contribution in [0.3, 0.4) is 0 Å². The van der Waals surface area contributed by atoms with E-state index in [0.717, 1.165) is 0 Å².